The maximum absolute atomic E-state index is 12.0. The summed E-state index contributed by atoms with van der Waals surface area (Å²) in [5.41, 5.74) is 6.15. The van der Waals surface area contributed by atoms with Crippen molar-refractivity contribution in [2.24, 2.45) is 0 Å². The van der Waals surface area contributed by atoms with Crippen LogP contribution in [0.3, 0.4) is 0 Å². The van der Waals surface area contributed by atoms with Gasteiger partial charge >= 0.3 is 41.7 Å². The summed E-state index contributed by atoms with van der Waals surface area (Å²) in [6.07, 6.45) is 6.84. The van der Waals surface area contributed by atoms with E-state index in [1.807, 2.05) is 45.5 Å². The Labute approximate surface area is 404 Å². The predicted molar refractivity (Wildman–Crippen MR) is 259 cm³/mol. The Morgan fingerprint density at radius 3 is 0.967 bits per heavy atom. The Balaban J connectivity index is 0.000000444. The van der Waals surface area contributed by atoms with Crippen LogP contribution in [0.5, 0.6) is 0 Å². The van der Waals surface area contributed by atoms with Gasteiger partial charge in [-0.25, -0.2) is 0 Å². The summed E-state index contributed by atoms with van der Waals surface area (Å²) >= 11 is 0. The Morgan fingerprint density at radius 1 is 0.533 bits per heavy atom. The fourth-order valence-electron chi connectivity index (χ4n) is 7.49. The van der Waals surface area contributed by atoms with E-state index in [0.29, 0.717) is 36.8 Å². The summed E-state index contributed by atoms with van der Waals surface area (Å²) < 4.78 is 8.89. The van der Waals surface area contributed by atoms with Gasteiger partial charge in [0.05, 0.1) is 26.2 Å². The van der Waals surface area contributed by atoms with Crippen molar-refractivity contribution >= 4 is 40.5 Å². The Morgan fingerprint density at radius 2 is 0.783 bits per heavy atom. The van der Waals surface area contributed by atoms with E-state index in [1.54, 1.807) is 27.7 Å². The molecule has 60 heavy (non-hydrogen) atoms. The monoisotopic (exact) mass is 981 g/mol. The molecule has 0 aromatic heterocycles. The van der Waals surface area contributed by atoms with Gasteiger partial charge in [0, 0.05) is 0 Å². The van der Waals surface area contributed by atoms with E-state index in [-0.39, 0.29) is 41.7 Å². The van der Waals surface area contributed by atoms with Gasteiger partial charge in [-0.3, -0.25) is 0 Å². The molecule has 0 N–H and O–H groups in total. The molecule has 3 aromatic rings. The Kier molecular flexibility index (Phi) is 23.4. The van der Waals surface area contributed by atoms with Crippen molar-refractivity contribution in [3.63, 3.8) is 0 Å². The standard InChI is InChI=1S/2C19H29N2O.C6H18NSi2.C6H6.Ce/c2*1-14(2)16-8-7-9-17(15(3)4)18(16)21-11-10-20(13-21)12-19(5,6)22;1-8(2,3)7-9(4,5)6;1-2-4-6-5-3-1;/h2*7-9,14-15H,10-12H2,1-6H3;1-6H3;1-6H;/q3*-1;;+3. The van der Waals surface area contributed by atoms with Gasteiger partial charge in [-0.15, -0.1) is 0 Å². The molecule has 10 heteroatoms. The van der Waals surface area contributed by atoms with E-state index in [2.05, 4.69) is 154 Å². The molecule has 2 aliphatic heterocycles. The number of nitrogens with zero attached hydrogens (tertiary/aromatic N) is 5. The van der Waals surface area contributed by atoms with Gasteiger partial charge in [0.15, 0.2) is 0 Å². The fourth-order valence-corrected chi connectivity index (χ4v) is 15.5. The van der Waals surface area contributed by atoms with E-state index < -0.39 is 27.7 Å². The van der Waals surface area contributed by atoms with E-state index in [1.165, 1.54) is 33.6 Å². The number of hydrogen-bond donors (Lipinski definition) is 0. The number of para-hydroxylation sites is 2. The second-order valence-electron chi connectivity index (χ2n) is 20.7. The van der Waals surface area contributed by atoms with Gasteiger partial charge in [-0.05, 0) is 35.0 Å². The molecule has 3 aromatic carbocycles. The van der Waals surface area contributed by atoms with Crippen molar-refractivity contribution in [3.05, 3.63) is 99.7 Å². The third-order valence-corrected chi connectivity index (χ3v) is 14.8. The van der Waals surface area contributed by atoms with Crippen molar-refractivity contribution in [1.82, 2.24) is 0 Å². The largest absolute Gasteiger partial charge is 3.00 e. The fraction of sp³-hybridized carbons (Fsp3) is 0.600. The van der Waals surface area contributed by atoms with Crippen LogP contribution in [-0.4, -0.2) is 88.8 Å². The van der Waals surface area contributed by atoms with Crippen LogP contribution >= 0.6 is 0 Å². The van der Waals surface area contributed by atoms with Crippen LogP contribution < -0.4 is 20.0 Å². The molecule has 0 spiro atoms. The zero-order valence-corrected chi connectivity index (χ0v) is 46.2. The van der Waals surface area contributed by atoms with Gasteiger partial charge in [-0.2, -0.15) is 0 Å². The molecule has 0 atom stereocenters. The van der Waals surface area contributed by atoms with Crippen LogP contribution in [0.15, 0.2) is 72.8 Å². The average molecular weight is 982 g/mol. The van der Waals surface area contributed by atoms with E-state index >= 15 is 0 Å². The van der Waals surface area contributed by atoms with Crippen molar-refractivity contribution in [2.45, 2.75) is 157 Å². The number of hydrogen-bond acceptors (Lipinski definition) is 4. The first-order valence-electron chi connectivity index (χ1n) is 22.1. The van der Waals surface area contributed by atoms with Crippen LogP contribution in [0.4, 0.5) is 11.4 Å². The molecular weight excluding hydrogens is 899 g/mol. The van der Waals surface area contributed by atoms with Crippen LogP contribution in [0.2, 0.25) is 39.3 Å². The van der Waals surface area contributed by atoms with Crippen molar-refractivity contribution in [3.8, 4) is 0 Å². The smallest absolute Gasteiger partial charge is 0.847 e. The molecule has 0 fully saturated rings. The molecule has 5 rings (SSSR count). The van der Waals surface area contributed by atoms with Gasteiger partial charge in [0.2, 0.25) is 0 Å². The Bertz CT molecular complexity index is 1570. The molecule has 0 unspecified atom stereocenters. The molecule has 0 saturated carbocycles. The average Bonchev–Trinajstić information content (AvgIpc) is 3.75. The normalized spacial score (nSPS) is 14.5. The molecule has 2 heterocycles. The predicted octanol–water partition coefficient (Wildman–Crippen LogP) is 10.3. The molecular formula is C50H82CeN5O2Si2. The number of benzene rings is 3. The minimum atomic E-state index is -1.11. The molecule has 1 radical (unpaired) electrons. The van der Waals surface area contributed by atoms with Gasteiger partial charge in [0.1, 0.15) is 25.8 Å². The summed E-state index contributed by atoms with van der Waals surface area (Å²) in [4.78, 5) is 4.44. The second-order valence-corrected chi connectivity index (χ2v) is 30.2. The van der Waals surface area contributed by atoms with Gasteiger partial charge in [0.25, 0.3) is 0 Å². The van der Waals surface area contributed by atoms with Crippen molar-refractivity contribution in [2.75, 3.05) is 49.1 Å². The van der Waals surface area contributed by atoms with E-state index in [9.17, 15) is 10.2 Å². The Hall–Kier alpha value is -1.71. The van der Waals surface area contributed by atoms with E-state index in [0.717, 1.165) is 26.2 Å². The van der Waals surface area contributed by atoms with Crippen molar-refractivity contribution in [1.29, 1.82) is 0 Å². The maximum atomic E-state index is 12.0. The molecule has 7 nitrogen and oxygen atoms in total. The summed E-state index contributed by atoms with van der Waals surface area (Å²) in [6, 6.07) is 25.2. The molecule has 0 saturated heterocycles. The summed E-state index contributed by atoms with van der Waals surface area (Å²) in [5, 5.41) is 23.9. The zero-order chi connectivity index (χ0) is 44.9. The van der Waals surface area contributed by atoms with Crippen LogP contribution in [0, 0.1) is 41.7 Å². The molecule has 2 aliphatic rings. The number of rotatable bonds is 12. The second kappa shape index (κ2) is 25.0. The summed E-state index contributed by atoms with van der Waals surface area (Å²) in [6.45, 7) is 43.1. The van der Waals surface area contributed by atoms with E-state index in [4.69, 9.17) is 4.65 Å². The first kappa shape index (κ1) is 56.3. The topological polar surface area (TPSA) is 72.7 Å². The molecule has 331 valence electrons. The first-order chi connectivity index (χ1) is 27.1. The summed E-state index contributed by atoms with van der Waals surface area (Å²) in [7, 11) is -2.21. The quantitative estimate of drug-likeness (QED) is 0.103. The third kappa shape index (κ3) is 21.1. The third-order valence-electron chi connectivity index (χ3n) is 9.42. The molecule has 0 bridgehead atoms. The SMILES string of the molecule is CC(C)c1cccc(C(C)C)c1N1[C-]=[N+](CC(C)(C)[O-])CC1.CC(C)c1cccc(C(C)C)c1N1[C-]=[N+](CC(C)(C)[O-])CC1.C[Si](C)(C)[N-][Si](C)(C)C.[Ce+3].c1ccccc1. The van der Waals surface area contributed by atoms with Gasteiger partial charge < -0.3 is 33.8 Å². The minimum absolute atomic E-state index is 0. The van der Waals surface area contributed by atoms with Crippen molar-refractivity contribution < 1.29 is 61.1 Å². The van der Waals surface area contributed by atoms with Crippen LogP contribution in [0.1, 0.15) is 129 Å². The molecule has 0 aliphatic carbocycles. The van der Waals surface area contributed by atoms with Crippen LogP contribution in [0.25, 0.3) is 4.65 Å². The molecule has 0 amide bonds. The maximum Gasteiger partial charge on any atom is 3.00 e. The van der Waals surface area contributed by atoms with Crippen LogP contribution in [-0.2, 0) is 0 Å². The first-order valence-corrected chi connectivity index (χ1v) is 29.0. The number of anilines is 2. The van der Waals surface area contributed by atoms with Gasteiger partial charge in [-0.1, -0.05) is 245 Å². The summed E-state index contributed by atoms with van der Waals surface area (Å²) in [5.74, 6) is 1.89. The minimum Gasteiger partial charge on any atom is -0.847 e. The zero-order valence-electron chi connectivity index (χ0n) is 41.0.